The molecule has 0 bridgehead atoms. The van der Waals surface area contributed by atoms with Gasteiger partial charge in [0.05, 0.1) is 31.3 Å². The van der Waals surface area contributed by atoms with Crippen molar-refractivity contribution in [3.05, 3.63) is 52.6 Å². The van der Waals surface area contributed by atoms with E-state index in [0.29, 0.717) is 11.1 Å². The summed E-state index contributed by atoms with van der Waals surface area (Å²) in [5, 5.41) is 0. The smallest absolute Gasteiger partial charge is 0.336 e. The molecule has 0 saturated carbocycles. The minimum Gasteiger partial charge on any atom is -0.466 e. The number of esters is 2. The molecule has 6 nitrogen and oxygen atoms in total. The molecule has 0 aromatic carbocycles. The molecule has 0 spiro atoms. The summed E-state index contributed by atoms with van der Waals surface area (Å²) in [7, 11) is 4.46. The number of ether oxygens (including phenoxy) is 2. The SMILES string of the molecule is COC(=O)C1=C(C)N(C)C(C)=C(C(=O)OC)C1c1ccncc1. The summed E-state index contributed by atoms with van der Waals surface area (Å²) in [6.45, 7) is 3.66. The van der Waals surface area contributed by atoms with E-state index in [4.69, 9.17) is 9.47 Å². The van der Waals surface area contributed by atoms with Crippen LogP contribution < -0.4 is 0 Å². The van der Waals surface area contributed by atoms with Gasteiger partial charge in [-0.05, 0) is 31.5 Å². The first-order chi connectivity index (χ1) is 10.9. The lowest BCUT2D eigenvalue weighted by Crippen LogP contribution is -2.33. The van der Waals surface area contributed by atoms with Gasteiger partial charge in [0, 0.05) is 30.8 Å². The molecule has 0 aliphatic carbocycles. The van der Waals surface area contributed by atoms with Crippen LogP contribution in [-0.2, 0) is 19.1 Å². The van der Waals surface area contributed by atoms with Crippen LogP contribution in [0.4, 0.5) is 0 Å². The van der Waals surface area contributed by atoms with Gasteiger partial charge in [-0.2, -0.15) is 0 Å². The topological polar surface area (TPSA) is 68.7 Å². The molecule has 2 rings (SSSR count). The molecule has 23 heavy (non-hydrogen) atoms. The Morgan fingerprint density at radius 3 is 1.83 bits per heavy atom. The Balaban J connectivity index is 2.74. The molecule has 122 valence electrons. The molecule has 0 atom stereocenters. The molecule has 1 aromatic rings. The molecular weight excluding hydrogens is 296 g/mol. The number of pyridine rings is 1. The lowest BCUT2D eigenvalue weighted by Gasteiger charge is -2.35. The van der Waals surface area contributed by atoms with Crippen molar-refractivity contribution >= 4 is 11.9 Å². The van der Waals surface area contributed by atoms with Crippen molar-refractivity contribution in [3.8, 4) is 0 Å². The minimum atomic E-state index is -0.547. The minimum absolute atomic E-state index is 0.423. The Bertz CT molecular complexity index is 652. The Morgan fingerprint density at radius 1 is 1.00 bits per heavy atom. The van der Waals surface area contributed by atoms with Crippen molar-refractivity contribution in [1.82, 2.24) is 9.88 Å². The van der Waals surface area contributed by atoms with Crippen molar-refractivity contribution in [2.45, 2.75) is 19.8 Å². The van der Waals surface area contributed by atoms with Crippen LogP contribution in [0.25, 0.3) is 0 Å². The molecule has 0 radical (unpaired) electrons. The maximum absolute atomic E-state index is 12.4. The third kappa shape index (κ3) is 2.84. The zero-order chi connectivity index (χ0) is 17.1. The van der Waals surface area contributed by atoms with Gasteiger partial charge in [0.1, 0.15) is 0 Å². The van der Waals surface area contributed by atoms with E-state index in [1.54, 1.807) is 36.5 Å². The van der Waals surface area contributed by atoms with E-state index < -0.39 is 17.9 Å². The summed E-state index contributed by atoms with van der Waals surface area (Å²) in [5.74, 6) is -1.48. The quantitative estimate of drug-likeness (QED) is 0.795. The second-order valence-corrected chi connectivity index (χ2v) is 5.25. The molecular formula is C17H20N2O4. The second kappa shape index (κ2) is 6.64. The molecule has 1 aliphatic rings. The van der Waals surface area contributed by atoms with Gasteiger partial charge in [-0.3, -0.25) is 4.98 Å². The summed E-state index contributed by atoms with van der Waals surface area (Å²) < 4.78 is 9.89. The first-order valence-corrected chi connectivity index (χ1v) is 7.15. The van der Waals surface area contributed by atoms with Gasteiger partial charge in [-0.15, -0.1) is 0 Å². The highest BCUT2D eigenvalue weighted by Crippen LogP contribution is 2.41. The number of carbonyl (C=O) groups excluding carboxylic acids is 2. The normalized spacial score (nSPS) is 15.8. The summed E-state index contributed by atoms with van der Waals surface area (Å²) in [6, 6.07) is 3.56. The number of carbonyl (C=O) groups is 2. The van der Waals surface area contributed by atoms with Crippen LogP contribution in [0.3, 0.4) is 0 Å². The standard InChI is InChI=1S/C17H20N2O4/c1-10-13(16(20)22-4)15(12-6-8-18-9-7-12)14(17(21)23-5)11(2)19(10)3/h6-9,15H,1-5H3. The molecule has 2 heterocycles. The number of nitrogens with zero attached hydrogens (tertiary/aromatic N) is 2. The summed E-state index contributed by atoms with van der Waals surface area (Å²) in [4.78, 5) is 30.5. The molecule has 0 N–H and O–H groups in total. The fourth-order valence-corrected chi connectivity index (χ4v) is 2.82. The zero-order valence-corrected chi connectivity index (χ0v) is 13.9. The number of aromatic nitrogens is 1. The predicted octanol–water partition coefficient (Wildman–Crippen LogP) is 2.00. The molecule has 0 amide bonds. The highest BCUT2D eigenvalue weighted by molar-refractivity contribution is 5.99. The average molecular weight is 316 g/mol. The molecule has 1 aliphatic heterocycles. The summed E-state index contributed by atoms with van der Waals surface area (Å²) in [5.41, 5.74) is 3.11. The third-order valence-corrected chi connectivity index (χ3v) is 4.21. The predicted molar refractivity (Wildman–Crippen MR) is 84.2 cm³/mol. The van der Waals surface area contributed by atoms with E-state index in [9.17, 15) is 9.59 Å². The molecule has 0 fully saturated rings. The molecule has 6 heteroatoms. The van der Waals surface area contributed by atoms with Crippen LogP contribution in [0.15, 0.2) is 47.1 Å². The molecule has 1 aromatic heterocycles. The van der Waals surface area contributed by atoms with Crippen LogP contribution in [0.1, 0.15) is 25.3 Å². The summed E-state index contributed by atoms with van der Waals surface area (Å²) >= 11 is 0. The van der Waals surface area contributed by atoms with Gasteiger partial charge in [-0.1, -0.05) is 0 Å². The number of allylic oxidation sites excluding steroid dienone is 2. The Morgan fingerprint density at radius 2 is 1.43 bits per heavy atom. The first-order valence-electron chi connectivity index (χ1n) is 7.15. The van der Waals surface area contributed by atoms with Crippen LogP contribution in [0.2, 0.25) is 0 Å². The lowest BCUT2D eigenvalue weighted by atomic mass is 9.80. The number of hydrogen-bond donors (Lipinski definition) is 0. The van der Waals surface area contributed by atoms with Crippen LogP contribution in [-0.4, -0.2) is 43.1 Å². The number of methoxy groups -OCH3 is 2. The average Bonchev–Trinajstić information content (AvgIpc) is 2.58. The van der Waals surface area contributed by atoms with Crippen molar-refractivity contribution in [2.24, 2.45) is 0 Å². The fourth-order valence-electron chi connectivity index (χ4n) is 2.82. The Hall–Kier alpha value is -2.63. The lowest BCUT2D eigenvalue weighted by molar-refractivity contribution is -0.137. The zero-order valence-electron chi connectivity index (χ0n) is 13.9. The van der Waals surface area contributed by atoms with Crippen molar-refractivity contribution in [2.75, 3.05) is 21.3 Å². The van der Waals surface area contributed by atoms with E-state index in [2.05, 4.69) is 4.98 Å². The maximum atomic E-state index is 12.4. The van der Waals surface area contributed by atoms with Gasteiger partial charge >= 0.3 is 11.9 Å². The molecule has 0 saturated heterocycles. The van der Waals surface area contributed by atoms with Crippen molar-refractivity contribution in [1.29, 1.82) is 0 Å². The highest BCUT2D eigenvalue weighted by Gasteiger charge is 2.39. The van der Waals surface area contributed by atoms with E-state index in [1.807, 2.05) is 13.8 Å². The van der Waals surface area contributed by atoms with Crippen LogP contribution >= 0.6 is 0 Å². The van der Waals surface area contributed by atoms with Gasteiger partial charge in [0.2, 0.25) is 0 Å². The van der Waals surface area contributed by atoms with Crippen molar-refractivity contribution in [3.63, 3.8) is 0 Å². The van der Waals surface area contributed by atoms with E-state index in [-0.39, 0.29) is 0 Å². The highest BCUT2D eigenvalue weighted by atomic mass is 16.5. The molecule has 0 unspecified atom stereocenters. The third-order valence-electron chi connectivity index (χ3n) is 4.21. The number of hydrogen-bond acceptors (Lipinski definition) is 6. The first kappa shape index (κ1) is 16.7. The fraction of sp³-hybridized carbons (Fsp3) is 0.353. The van der Waals surface area contributed by atoms with E-state index >= 15 is 0 Å². The van der Waals surface area contributed by atoms with Crippen molar-refractivity contribution < 1.29 is 19.1 Å². The van der Waals surface area contributed by atoms with Gasteiger partial charge in [0.25, 0.3) is 0 Å². The summed E-state index contributed by atoms with van der Waals surface area (Å²) in [6.07, 6.45) is 3.25. The Kier molecular flexibility index (Phi) is 4.83. The van der Waals surface area contributed by atoms with Crippen LogP contribution in [0.5, 0.6) is 0 Å². The second-order valence-electron chi connectivity index (χ2n) is 5.25. The van der Waals surface area contributed by atoms with Crippen LogP contribution in [0, 0.1) is 0 Å². The maximum Gasteiger partial charge on any atom is 0.336 e. The van der Waals surface area contributed by atoms with E-state index in [1.165, 1.54) is 14.2 Å². The van der Waals surface area contributed by atoms with Gasteiger partial charge in [-0.25, -0.2) is 9.59 Å². The number of rotatable bonds is 3. The Labute approximate surface area is 135 Å². The van der Waals surface area contributed by atoms with Gasteiger partial charge in [0.15, 0.2) is 0 Å². The largest absolute Gasteiger partial charge is 0.466 e. The van der Waals surface area contributed by atoms with Gasteiger partial charge < -0.3 is 14.4 Å². The van der Waals surface area contributed by atoms with E-state index in [0.717, 1.165) is 17.0 Å². The monoisotopic (exact) mass is 316 g/mol.